The molecule has 0 aliphatic rings. The van der Waals surface area contributed by atoms with Crippen LogP contribution in [-0.4, -0.2) is 15.4 Å². The molecular weight excluding hydrogens is 198 g/mol. The number of rotatable bonds is 4. The van der Waals surface area contributed by atoms with Crippen molar-refractivity contribution in [3.8, 4) is 5.75 Å². The van der Waals surface area contributed by atoms with E-state index in [2.05, 4.69) is 6.58 Å². The van der Waals surface area contributed by atoms with Gasteiger partial charge in [0, 0.05) is 36.5 Å². The third-order valence-corrected chi connectivity index (χ3v) is 2.78. The number of nitrogens with zero attached hydrogens (tertiary/aromatic N) is 1. The predicted octanol–water partition coefficient (Wildman–Crippen LogP) is 1.51. The highest BCUT2D eigenvalue weighted by Gasteiger charge is 2.02. The summed E-state index contributed by atoms with van der Waals surface area (Å²) in [6, 6.07) is 1.46. The van der Waals surface area contributed by atoms with Gasteiger partial charge in [-0.1, -0.05) is 6.08 Å². The minimum Gasteiger partial charge on any atom is -0.503 e. The van der Waals surface area contributed by atoms with Crippen LogP contribution in [0.1, 0.15) is 5.69 Å². The first-order valence-electron chi connectivity index (χ1n) is 4.22. The van der Waals surface area contributed by atoms with Crippen LogP contribution in [0.3, 0.4) is 0 Å². The summed E-state index contributed by atoms with van der Waals surface area (Å²) in [6.45, 7) is 3.62. The normalized spacial score (nSPS) is 10.1. The molecule has 0 atom stereocenters. The molecule has 1 N–H and O–H groups in total. The first-order chi connectivity index (χ1) is 6.65. The number of hydrogen-bond acceptors (Lipinski definition) is 3. The smallest absolute Gasteiger partial charge is 0.223 e. The van der Waals surface area contributed by atoms with E-state index in [1.165, 1.54) is 12.3 Å². The van der Waals surface area contributed by atoms with Crippen LogP contribution in [-0.2, 0) is 12.8 Å². The van der Waals surface area contributed by atoms with Crippen LogP contribution in [0.25, 0.3) is 0 Å². The molecule has 0 aromatic carbocycles. The molecule has 0 bridgehead atoms. The van der Waals surface area contributed by atoms with E-state index in [1.54, 1.807) is 16.3 Å². The Morgan fingerprint density at radius 3 is 3.07 bits per heavy atom. The Morgan fingerprint density at radius 2 is 2.43 bits per heavy atom. The van der Waals surface area contributed by atoms with Gasteiger partial charge >= 0.3 is 0 Å². The Labute approximate surface area is 87.1 Å². The summed E-state index contributed by atoms with van der Waals surface area (Å²) in [6.07, 6.45) is 3.26. The van der Waals surface area contributed by atoms with Crippen molar-refractivity contribution in [3.63, 3.8) is 0 Å². The average molecular weight is 211 g/mol. The van der Waals surface area contributed by atoms with Crippen LogP contribution in [0.4, 0.5) is 0 Å². The summed E-state index contributed by atoms with van der Waals surface area (Å²) in [5.74, 6) is 1.40. The zero-order valence-corrected chi connectivity index (χ0v) is 8.88. The lowest BCUT2D eigenvalue weighted by Gasteiger charge is -2.07. The second-order valence-electron chi connectivity index (χ2n) is 2.93. The molecule has 0 saturated heterocycles. The SMILES string of the molecule is C=CCSCc1cc(=O)c(O)cn1C. The standard InChI is InChI=1S/C10H13NO2S/c1-3-4-14-7-8-5-9(12)10(13)6-11(8)2/h3,5-6,13H,1,4,7H2,2H3. The lowest BCUT2D eigenvalue weighted by atomic mass is 10.3. The Bertz CT molecular complexity index is 384. The molecule has 1 aromatic rings. The van der Waals surface area contributed by atoms with E-state index in [1.807, 2.05) is 13.1 Å². The van der Waals surface area contributed by atoms with E-state index in [-0.39, 0.29) is 11.2 Å². The third-order valence-electron chi connectivity index (χ3n) is 1.80. The van der Waals surface area contributed by atoms with E-state index >= 15 is 0 Å². The Hall–Kier alpha value is -1.16. The molecule has 4 heteroatoms. The van der Waals surface area contributed by atoms with Crippen molar-refractivity contribution in [1.82, 2.24) is 4.57 Å². The van der Waals surface area contributed by atoms with Crippen LogP contribution < -0.4 is 5.43 Å². The molecule has 1 aromatic heterocycles. The molecule has 0 amide bonds. The number of pyridine rings is 1. The topological polar surface area (TPSA) is 42.2 Å². The largest absolute Gasteiger partial charge is 0.503 e. The molecule has 1 rings (SSSR count). The van der Waals surface area contributed by atoms with E-state index < -0.39 is 0 Å². The maximum atomic E-state index is 11.1. The Kier molecular flexibility index (Phi) is 3.83. The maximum absolute atomic E-state index is 11.1. The van der Waals surface area contributed by atoms with Crippen LogP contribution in [0.5, 0.6) is 5.75 Å². The Balaban J connectivity index is 2.82. The van der Waals surface area contributed by atoms with Crippen LogP contribution in [0.15, 0.2) is 29.7 Å². The minimum atomic E-state index is -0.322. The summed E-state index contributed by atoms with van der Waals surface area (Å²) >= 11 is 1.68. The van der Waals surface area contributed by atoms with Crippen molar-refractivity contribution in [2.24, 2.45) is 7.05 Å². The van der Waals surface area contributed by atoms with Crippen LogP contribution in [0.2, 0.25) is 0 Å². The first-order valence-corrected chi connectivity index (χ1v) is 5.37. The van der Waals surface area contributed by atoms with Gasteiger partial charge in [0.05, 0.1) is 0 Å². The number of aromatic nitrogens is 1. The van der Waals surface area contributed by atoms with Gasteiger partial charge in [0.15, 0.2) is 5.75 Å². The van der Waals surface area contributed by atoms with E-state index in [0.717, 1.165) is 17.2 Å². The fourth-order valence-electron chi connectivity index (χ4n) is 1.05. The van der Waals surface area contributed by atoms with Crippen molar-refractivity contribution >= 4 is 11.8 Å². The van der Waals surface area contributed by atoms with Gasteiger partial charge in [-0.3, -0.25) is 4.79 Å². The lowest BCUT2D eigenvalue weighted by Crippen LogP contribution is -2.08. The van der Waals surface area contributed by atoms with Gasteiger partial charge in [-0.05, 0) is 0 Å². The average Bonchev–Trinajstić information content (AvgIpc) is 2.14. The molecule has 0 unspecified atom stereocenters. The predicted molar refractivity (Wildman–Crippen MR) is 59.7 cm³/mol. The number of aryl methyl sites for hydroxylation is 1. The van der Waals surface area contributed by atoms with Crippen LogP contribution >= 0.6 is 11.8 Å². The van der Waals surface area contributed by atoms with Crippen molar-refractivity contribution in [3.05, 3.63) is 40.8 Å². The summed E-state index contributed by atoms with van der Waals surface area (Å²) in [7, 11) is 1.81. The maximum Gasteiger partial charge on any atom is 0.223 e. The number of hydrogen-bond donors (Lipinski definition) is 1. The third kappa shape index (κ3) is 2.67. The molecule has 0 aliphatic carbocycles. The molecule has 0 spiro atoms. The fraction of sp³-hybridized carbons (Fsp3) is 0.300. The zero-order chi connectivity index (χ0) is 10.6. The second kappa shape index (κ2) is 4.91. The summed E-state index contributed by atoms with van der Waals surface area (Å²) < 4.78 is 1.76. The van der Waals surface area contributed by atoms with Crippen molar-refractivity contribution in [1.29, 1.82) is 0 Å². The van der Waals surface area contributed by atoms with Crippen molar-refractivity contribution in [2.45, 2.75) is 5.75 Å². The zero-order valence-electron chi connectivity index (χ0n) is 8.06. The van der Waals surface area contributed by atoms with Crippen molar-refractivity contribution < 1.29 is 5.11 Å². The van der Waals surface area contributed by atoms with E-state index in [9.17, 15) is 4.79 Å². The van der Waals surface area contributed by atoms with E-state index in [0.29, 0.717) is 0 Å². The molecule has 76 valence electrons. The van der Waals surface area contributed by atoms with Gasteiger partial charge in [0.25, 0.3) is 0 Å². The highest BCUT2D eigenvalue weighted by Crippen LogP contribution is 2.11. The molecule has 0 radical (unpaired) electrons. The molecule has 0 aliphatic heterocycles. The van der Waals surface area contributed by atoms with Gasteiger partial charge in [-0.15, -0.1) is 6.58 Å². The fourth-order valence-corrected chi connectivity index (χ4v) is 1.83. The number of thioether (sulfide) groups is 1. The van der Waals surface area contributed by atoms with Crippen LogP contribution in [0, 0.1) is 0 Å². The molecule has 0 saturated carbocycles. The number of aromatic hydroxyl groups is 1. The second-order valence-corrected chi connectivity index (χ2v) is 3.96. The monoisotopic (exact) mass is 211 g/mol. The summed E-state index contributed by atoms with van der Waals surface area (Å²) in [5, 5.41) is 9.14. The minimum absolute atomic E-state index is 0.204. The molecule has 14 heavy (non-hydrogen) atoms. The molecule has 3 nitrogen and oxygen atoms in total. The first kappa shape index (κ1) is 10.9. The molecular formula is C10H13NO2S. The lowest BCUT2D eigenvalue weighted by molar-refractivity contribution is 0.462. The van der Waals surface area contributed by atoms with Gasteiger partial charge in [-0.2, -0.15) is 11.8 Å². The molecule has 0 fully saturated rings. The van der Waals surface area contributed by atoms with Gasteiger partial charge < -0.3 is 9.67 Å². The molecule has 1 heterocycles. The summed E-state index contributed by atoms with van der Waals surface area (Å²) in [4.78, 5) is 11.1. The highest BCUT2D eigenvalue weighted by molar-refractivity contribution is 7.98. The quantitative estimate of drug-likeness (QED) is 0.606. The van der Waals surface area contributed by atoms with Gasteiger partial charge in [-0.25, -0.2) is 0 Å². The highest BCUT2D eigenvalue weighted by atomic mass is 32.2. The van der Waals surface area contributed by atoms with Gasteiger partial charge in [0.2, 0.25) is 5.43 Å². The Morgan fingerprint density at radius 1 is 1.71 bits per heavy atom. The van der Waals surface area contributed by atoms with Crippen molar-refractivity contribution in [2.75, 3.05) is 5.75 Å². The van der Waals surface area contributed by atoms with E-state index in [4.69, 9.17) is 5.11 Å². The summed E-state index contributed by atoms with van der Waals surface area (Å²) in [5.41, 5.74) is 0.581. The van der Waals surface area contributed by atoms with Gasteiger partial charge in [0.1, 0.15) is 0 Å².